The third kappa shape index (κ3) is 2.73. The van der Waals surface area contributed by atoms with Crippen LogP contribution in [0.5, 0.6) is 0 Å². The van der Waals surface area contributed by atoms with E-state index in [0.29, 0.717) is 0 Å². The molecule has 1 aliphatic carbocycles. The maximum absolute atomic E-state index is 12.5. The lowest BCUT2D eigenvalue weighted by molar-refractivity contribution is 0.0924. The molecule has 0 bridgehead atoms. The standard InChI is InChI=1S/C23H24N4O/c1-2-17-6-5-16(13-25-17)19-11-15(7-10-24-19)20-12-18-21(27-20)23(8-3-4-9-23)14-26-22(18)28/h5-7,10-13,27H,2-4,8-9,14H2,1H3,(H,26,28). The molecular formula is C23H24N4O. The van der Waals surface area contributed by atoms with Crippen molar-refractivity contribution >= 4 is 5.91 Å². The molecule has 3 aromatic heterocycles. The number of amides is 1. The second-order valence-electron chi connectivity index (χ2n) is 7.96. The molecule has 1 amide bonds. The van der Waals surface area contributed by atoms with Gasteiger partial charge in [-0.3, -0.25) is 14.8 Å². The van der Waals surface area contributed by atoms with Crippen molar-refractivity contribution < 1.29 is 4.79 Å². The van der Waals surface area contributed by atoms with E-state index in [1.165, 1.54) is 12.8 Å². The van der Waals surface area contributed by atoms with Gasteiger partial charge in [0.2, 0.25) is 0 Å². The van der Waals surface area contributed by atoms with Gasteiger partial charge in [0.25, 0.3) is 5.91 Å². The predicted molar refractivity (Wildman–Crippen MR) is 109 cm³/mol. The Morgan fingerprint density at radius 2 is 1.93 bits per heavy atom. The number of fused-ring (bicyclic) bond motifs is 2. The van der Waals surface area contributed by atoms with Crippen LogP contribution in [-0.4, -0.2) is 27.4 Å². The van der Waals surface area contributed by atoms with Crippen LogP contribution in [-0.2, 0) is 11.8 Å². The third-order valence-electron chi connectivity index (χ3n) is 6.29. The molecule has 1 saturated carbocycles. The summed E-state index contributed by atoms with van der Waals surface area (Å²) in [6.45, 7) is 2.84. The monoisotopic (exact) mass is 372 g/mol. The van der Waals surface area contributed by atoms with Gasteiger partial charge >= 0.3 is 0 Å². The van der Waals surface area contributed by atoms with E-state index in [-0.39, 0.29) is 11.3 Å². The summed E-state index contributed by atoms with van der Waals surface area (Å²) in [4.78, 5) is 25.1. The quantitative estimate of drug-likeness (QED) is 0.722. The molecule has 4 heterocycles. The van der Waals surface area contributed by atoms with Crippen molar-refractivity contribution in [1.29, 1.82) is 0 Å². The van der Waals surface area contributed by atoms with Crippen molar-refractivity contribution in [3.8, 4) is 22.5 Å². The van der Waals surface area contributed by atoms with Gasteiger partial charge in [0, 0.05) is 52.6 Å². The number of pyridine rings is 2. The Bertz CT molecular complexity index is 1030. The number of H-pyrrole nitrogens is 1. The van der Waals surface area contributed by atoms with Gasteiger partial charge in [-0.15, -0.1) is 0 Å². The van der Waals surface area contributed by atoms with Crippen LogP contribution < -0.4 is 5.32 Å². The molecule has 142 valence electrons. The Morgan fingerprint density at radius 1 is 1.07 bits per heavy atom. The maximum Gasteiger partial charge on any atom is 0.253 e. The van der Waals surface area contributed by atoms with E-state index >= 15 is 0 Å². The zero-order chi connectivity index (χ0) is 19.1. The lowest BCUT2D eigenvalue weighted by Crippen LogP contribution is -2.45. The highest BCUT2D eigenvalue weighted by Gasteiger charge is 2.43. The van der Waals surface area contributed by atoms with Gasteiger partial charge in [-0.2, -0.15) is 0 Å². The van der Waals surface area contributed by atoms with Crippen molar-refractivity contribution in [2.75, 3.05) is 6.54 Å². The van der Waals surface area contributed by atoms with Crippen molar-refractivity contribution in [2.45, 2.75) is 44.4 Å². The van der Waals surface area contributed by atoms with Crippen LogP contribution in [0.25, 0.3) is 22.5 Å². The van der Waals surface area contributed by atoms with Crippen LogP contribution in [0, 0.1) is 0 Å². The Morgan fingerprint density at radius 3 is 2.68 bits per heavy atom. The van der Waals surface area contributed by atoms with Gasteiger partial charge in [-0.25, -0.2) is 0 Å². The minimum atomic E-state index is 0.0312. The number of nitrogens with one attached hydrogen (secondary N) is 2. The summed E-state index contributed by atoms with van der Waals surface area (Å²) in [5, 5.41) is 3.10. The summed E-state index contributed by atoms with van der Waals surface area (Å²) in [5.41, 5.74) is 6.99. The molecule has 0 unspecified atom stereocenters. The van der Waals surface area contributed by atoms with Gasteiger partial charge in [-0.05, 0) is 49.6 Å². The van der Waals surface area contributed by atoms with E-state index in [4.69, 9.17) is 0 Å². The summed E-state index contributed by atoms with van der Waals surface area (Å²) >= 11 is 0. The fourth-order valence-corrected chi connectivity index (χ4v) is 4.66. The molecule has 3 aromatic rings. The van der Waals surface area contributed by atoms with Crippen LogP contribution in [0.4, 0.5) is 0 Å². The highest BCUT2D eigenvalue weighted by atomic mass is 16.1. The normalized spacial score (nSPS) is 17.5. The van der Waals surface area contributed by atoms with E-state index < -0.39 is 0 Å². The van der Waals surface area contributed by atoms with Crippen LogP contribution in [0.3, 0.4) is 0 Å². The largest absolute Gasteiger partial charge is 0.357 e. The van der Waals surface area contributed by atoms with E-state index in [1.807, 2.05) is 30.6 Å². The number of nitrogens with zero attached hydrogens (tertiary/aromatic N) is 2. The average Bonchev–Trinajstić information content (AvgIpc) is 3.40. The van der Waals surface area contributed by atoms with Crippen molar-refractivity contribution in [1.82, 2.24) is 20.3 Å². The van der Waals surface area contributed by atoms with Gasteiger partial charge in [0.05, 0.1) is 11.3 Å². The Kier molecular flexibility index (Phi) is 4.04. The Labute approximate surface area is 164 Å². The number of aryl methyl sites for hydroxylation is 1. The maximum atomic E-state index is 12.5. The molecule has 0 atom stereocenters. The van der Waals surface area contributed by atoms with Crippen molar-refractivity contribution in [3.05, 3.63) is 59.7 Å². The summed E-state index contributed by atoms with van der Waals surface area (Å²) < 4.78 is 0. The number of carbonyl (C=O) groups excluding carboxylic acids is 1. The van der Waals surface area contributed by atoms with Gasteiger partial charge < -0.3 is 10.3 Å². The molecule has 1 fully saturated rings. The van der Waals surface area contributed by atoms with Crippen LogP contribution in [0.2, 0.25) is 0 Å². The Balaban J connectivity index is 1.54. The molecule has 1 aliphatic heterocycles. The SMILES string of the molecule is CCc1ccc(-c2cc(-c3cc4c([nH]3)C3(CCCC3)CNC4=O)ccn2)cn1. The minimum Gasteiger partial charge on any atom is -0.357 e. The number of aromatic amines is 1. The molecule has 5 rings (SSSR count). The summed E-state index contributed by atoms with van der Waals surface area (Å²) in [7, 11) is 0. The molecule has 1 spiro atoms. The molecule has 0 saturated heterocycles. The molecule has 2 aliphatic rings. The highest BCUT2D eigenvalue weighted by molar-refractivity contribution is 5.98. The van der Waals surface area contributed by atoms with E-state index in [0.717, 1.165) is 65.3 Å². The molecular weight excluding hydrogens is 348 g/mol. The second kappa shape index (κ2) is 6.59. The first kappa shape index (κ1) is 17.2. The first-order valence-corrected chi connectivity index (χ1v) is 10.1. The molecule has 0 radical (unpaired) electrons. The number of aromatic nitrogens is 3. The summed E-state index contributed by atoms with van der Waals surface area (Å²) in [6, 6.07) is 10.2. The van der Waals surface area contributed by atoms with E-state index in [1.54, 1.807) is 0 Å². The number of rotatable bonds is 3. The number of hydrogen-bond donors (Lipinski definition) is 2. The summed E-state index contributed by atoms with van der Waals surface area (Å²) in [6.07, 6.45) is 9.35. The first-order chi connectivity index (χ1) is 13.7. The lowest BCUT2D eigenvalue weighted by atomic mass is 9.78. The first-order valence-electron chi connectivity index (χ1n) is 10.1. The molecule has 2 N–H and O–H groups in total. The summed E-state index contributed by atoms with van der Waals surface area (Å²) in [5.74, 6) is 0.0312. The zero-order valence-corrected chi connectivity index (χ0v) is 16.1. The predicted octanol–water partition coefficient (Wildman–Crippen LogP) is 4.26. The highest BCUT2D eigenvalue weighted by Crippen LogP contribution is 2.44. The smallest absolute Gasteiger partial charge is 0.253 e. The fourth-order valence-electron chi connectivity index (χ4n) is 4.66. The number of carbonyl (C=O) groups is 1. The number of hydrogen-bond acceptors (Lipinski definition) is 3. The van der Waals surface area contributed by atoms with Gasteiger partial charge in [0.1, 0.15) is 0 Å². The van der Waals surface area contributed by atoms with Crippen LogP contribution in [0.15, 0.2) is 42.7 Å². The van der Waals surface area contributed by atoms with Crippen LogP contribution in [0.1, 0.15) is 54.4 Å². The van der Waals surface area contributed by atoms with Gasteiger partial charge in [0.15, 0.2) is 0 Å². The van der Waals surface area contributed by atoms with Crippen molar-refractivity contribution in [2.24, 2.45) is 0 Å². The molecule has 5 heteroatoms. The lowest BCUT2D eigenvalue weighted by Gasteiger charge is -2.33. The molecule has 0 aromatic carbocycles. The topological polar surface area (TPSA) is 70.7 Å². The zero-order valence-electron chi connectivity index (χ0n) is 16.1. The fraction of sp³-hybridized carbons (Fsp3) is 0.348. The van der Waals surface area contributed by atoms with E-state index in [9.17, 15) is 4.79 Å². The van der Waals surface area contributed by atoms with E-state index in [2.05, 4.69) is 39.3 Å². The van der Waals surface area contributed by atoms with Crippen molar-refractivity contribution in [3.63, 3.8) is 0 Å². The second-order valence-corrected chi connectivity index (χ2v) is 7.96. The third-order valence-corrected chi connectivity index (χ3v) is 6.29. The Hall–Kier alpha value is -2.95. The molecule has 28 heavy (non-hydrogen) atoms. The average molecular weight is 372 g/mol. The molecule has 5 nitrogen and oxygen atoms in total. The minimum absolute atomic E-state index is 0.0312. The van der Waals surface area contributed by atoms with Crippen LogP contribution >= 0.6 is 0 Å². The van der Waals surface area contributed by atoms with Gasteiger partial charge in [-0.1, -0.05) is 19.8 Å².